The Kier molecular flexibility index (Phi) is 4.73. The van der Waals surface area contributed by atoms with Gasteiger partial charge in [-0.3, -0.25) is 9.10 Å². The Bertz CT molecular complexity index is 902. The highest BCUT2D eigenvalue weighted by atomic mass is 32.2. The summed E-state index contributed by atoms with van der Waals surface area (Å²) in [6.45, 7) is -0.0885. The van der Waals surface area contributed by atoms with Crippen molar-refractivity contribution in [2.24, 2.45) is 0 Å². The average Bonchev–Trinajstić information content (AvgIpc) is 2.57. The molecule has 3 rings (SSSR count). The van der Waals surface area contributed by atoms with Crippen LogP contribution in [0.3, 0.4) is 0 Å². The molecule has 2 N–H and O–H groups in total. The number of carbonyl (C=O) groups excluding carboxylic acids is 1. The third kappa shape index (κ3) is 3.80. The van der Waals surface area contributed by atoms with E-state index in [1.165, 1.54) is 29.6 Å². The monoisotopic (exact) mass is 363 g/mol. The number of hydrogen-bond acceptors (Lipinski definition) is 4. The number of para-hydroxylation sites is 1. The molecule has 0 bridgehead atoms. The topological polar surface area (TPSA) is 78.5 Å². The fraction of sp³-hybridized carbons (Fsp3) is 0.235. The maximum Gasteiger partial charge on any atom is 0.238 e. The minimum atomic E-state index is -3.45. The van der Waals surface area contributed by atoms with Gasteiger partial charge in [0.25, 0.3) is 0 Å². The van der Waals surface area contributed by atoms with Gasteiger partial charge in [-0.15, -0.1) is 0 Å². The highest BCUT2D eigenvalue weighted by molar-refractivity contribution is 7.92. The molecule has 2 aromatic carbocycles. The summed E-state index contributed by atoms with van der Waals surface area (Å²) >= 11 is 0. The number of anilines is 2. The normalized spacial score (nSPS) is 18.5. The summed E-state index contributed by atoms with van der Waals surface area (Å²) in [5.41, 5.74) is 1.76. The molecule has 8 heteroatoms. The van der Waals surface area contributed by atoms with Crippen LogP contribution in [-0.2, 0) is 14.8 Å². The van der Waals surface area contributed by atoms with Gasteiger partial charge in [0.1, 0.15) is 5.82 Å². The minimum Gasteiger partial charge on any atom is -0.325 e. The predicted octanol–water partition coefficient (Wildman–Crippen LogP) is 1.87. The lowest BCUT2D eigenvalue weighted by atomic mass is 10.1. The predicted molar refractivity (Wildman–Crippen MR) is 94.4 cm³/mol. The van der Waals surface area contributed by atoms with Crippen LogP contribution in [-0.4, -0.2) is 33.7 Å². The molecule has 25 heavy (non-hydrogen) atoms. The third-order valence-electron chi connectivity index (χ3n) is 4.06. The maximum atomic E-state index is 13.1. The Morgan fingerprint density at radius 2 is 2.00 bits per heavy atom. The van der Waals surface area contributed by atoms with Crippen LogP contribution in [0.25, 0.3) is 0 Å². The van der Waals surface area contributed by atoms with E-state index in [0.29, 0.717) is 11.4 Å². The van der Waals surface area contributed by atoms with Crippen LogP contribution in [0.2, 0.25) is 0 Å². The largest absolute Gasteiger partial charge is 0.325 e. The molecule has 0 fully saturated rings. The molecular formula is C17H18FN3O3S. The standard InChI is InChI=1S/C17H18FN3O3S/c1-21-16-8-3-2-7-14(16)15(11-25(21,23)24)19-10-17(22)20-13-6-4-5-12(18)9-13/h2-9,15,19H,10-11H2,1H3,(H,20,22). The molecule has 1 aliphatic heterocycles. The smallest absolute Gasteiger partial charge is 0.238 e. The van der Waals surface area contributed by atoms with Crippen molar-refractivity contribution in [1.29, 1.82) is 0 Å². The van der Waals surface area contributed by atoms with E-state index in [2.05, 4.69) is 10.6 Å². The number of amides is 1. The van der Waals surface area contributed by atoms with Gasteiger partial charge in [-0.1, -0.05) is 24.3 Å². The molecule has 1 amide bonds. The van der Waals surface area contributed by atoms with Crippen LogP contribution in [0, 0.1) is 5.82 Å². The van der Waals surface area contributed by atoms with Gasteiger partial charge >= 0.3 is 0 Å². The number of nitrogens with zero attached hydrogens (tertiary/aromatic N) is 1. The van der Waals surface area contributed by atoms with E-state index in [9.17, 15) is 17.6 Å². The van der Waals surface area contributed by atoms with Crippen molar-refractivity contribution in [3.63, 3.8) is 0 Å². The number of benzene rings is 2. The van der Waals surface area contributed by atoms with Gasteiger partial charge in [0.2, 0.25) is 15.9 Å². The second kappa shape index (κ2) is 6.81. The van der Waals surface area contributed by atoms with Gasteiger partial charge < -0.3 is 10.6 Å². The summed E-state index contributed by atoms with van der Waals surface area (Å²) in [6, 6.07) is 12.2. The summed E-state index contributed by atoms with van der Waals surface area (Å²) < 4.78 is 38.9. The number of sulfonamides is 1. The molecule has 6 nitrogen and oxygen atoms in total. The Morgan fingerprint density at radius 1 is 1.24 bits per heavy atom. The van der Waals surface area contributed by atoms with Gasteiger partial charge in [-0.25, -0.2) is 12.8 Å². The first-order chi connectivity index (χ1) is 11.9. The summed E-state index contributed by atoms with van der Waals surface area (Å²) in [7, 11) is -1.93. The molecule has 0 saturated heterocycles. The molecule has 2 aromatic rings. The van der Waals surface area contributed by atoms with Crippen LogP contribution in [0.4, 0.5) is 15.8 Å². The fourth-order valence-corrected chi connectivity index (χ4v) is 4.20. The van der Waals surface area contributed by atoms with Crippen LogP contribution < -0.4 is 14.9 Å². The molecular weight excluding hydrogens is 345 g/mol. The first kappa shape index (κ1) is 17.4. The average molecular weight is 363 g/mol. The highest BCUT2D eigenvalue weighted by Crippen LogP contribution is 2.33. The maximum absolute atomic E-state index is 13.1. The quantitative estimate of drug-likeness (QED) is 0.869. The van der Waals surface area contributed by atoms with Gasteiger partial charge in [0.05, 0.1) is 24.0 Å². The van der Waals surface area contributed by atoms with E-state index >= 15 is 0 Å². The lowest BCUT2D eigenvalue weighted by Crippen LogP contribution is -2.43. The van der Waals surface area contributed by atoms with E-state index in [1.807, 2.05) is 12.1 Å². The van der Waals surface area contributed by atoms with Gasteiger partial charge in [-0.2, -0.15) is 0 Å². The number of nitrogens with one attached hydrogen (secondary N) is 2. The van der Waals surface area contributed by atoms with E-state index in [0.717, 1.165) is 5.56 Å². The Hall–Kier alpha value is -2.45. The Morgan fingerprint density at radius 3 is 2.76 bits per heavy atom. The van der Waals surface area contributed by atoms with E-state index < -0.39 is 21.9 Å². The molecule has 0 aromatic heterocycles. The van der Waals surface area contributed by atoms with Crippen LogP contribution in [0.5, 0.6) is 0 Å². The van der Waals surface area contributed by atoms with E-state index in [-0.39, 0.29) is 18.2 Å². The number of rotatable bonds is 4. The number of fused-ring (bicyclic) bond motifs is 1. The van der Waals surface area contributed by atoms with Gasteiger partial charge in [0, 0.05) is 12.7 Å². The summed E-state index contributed by atoms with van der Waals surface area (Å²) in [5.74, 6) is -0.950. The second-order valence-corrected chi connectivity index (χ2v) is 7.84. The third-order valence-corrected chi connectivity index (χ3v) is 5.85. The number of hydrogen-bond donors (Lipinski definition) is 2. The van der Waals surface area contributed by atoms with Crippen LogP contribution in [0.15, 0.2) is 48.5 Å². The molecule has 0 aliphatic carbocycles. The van der Waals surface area contributed by atoms with Crippen molar-refractivity contribution >= 4 is 27.3 Å². The van der Waals surface area contributed by atoms with Crippen LogP contribution in [0.1, 0.15) is 11.6 Å². The number of halogens is 1. The molecule has 1 atom stereocenters. The molecule has 0 spiro atoms. The molecule has 1 aliphatic rings. The van der Waals surface area contributed by atoms with Crippen molar-refractivity contribution < 1.29 is 17.6 Å². The van der Waals surface area contributed by atoms with Crippen LogP contribution >= 0.6 is 0 Å². The van der Waals surface area contributed by atoms with Gasteiger partial charge in [-0.05, 0) is 29.8 Å². The summed E-state index contributed by atoms with van der Waals surface area (Å²) in [4.78, 5) is 12.0. The fourth-order valence-electron chi connectivity index (χ4n) is 2.79. The van der Waals surface area contributed by atoms with E-state index in [1.54, 1.807) is 18.2 Å². The zero-order valence-electron chi connectivity index (χ0n) is 13.6. The van der Waals surface area contributed by atoms with E-state index in [4.69, 9.17) is 0 Å². The molecule has 1 unspecified atom stereocenters. The number of carbonyl (C=O) groups is 1. The lowest BCUT2D eigenvalue weighted by Gasteiger charge is -2.33. The van der Waals surface area contributed by atoms with Crippen molar-refractivity contribution in [2.45, 2.75) is 6.04 Å². The van der Waals surface area contributed by atoms with Crippen molar-refractivity contribution in [1.82, 2.24) is 5.32 Å². The first-order valence-electron chi connectivity index (χ1n) is 7.71. The van der Waals surface area contributed by atoms with Crippen molar-refractivity contribution in [2.75, 3.05) is 29.0 Å². The first-order valence-corrected chi connectivity index (χ1v) is 9.32. The van der Waals surface area contributed by atoms with Crippen molar-refractivity contribution in [3.05, 3.63) is 59.9 Å². The SMILES string of the molecule is CN1c2ccccc2C(NCC(=O)Nc2cccc(F)c2)CS1(=O)=O. The second-order valence-electron chi connectivity index (χ2n) is 5.80. The summed E-state index contributed by atoms with van der Waals surface area (Å²) in [6.07, 6.45) is 0. The molecule has 1 heterocycles. The minimum absolute atomic E-state index is 0.0885. The molecule has 132 valence electrons. The summed E-state index contributed by atoms with van der Waals surface area (Å²) in [5, 5.41) is 5.55. The van der Waals surface area contributed by atoms with Gasteiger partial charge in [0.15, 0.2) is 0 Å². The molecule has 0 radical (unpaired) electrons. The zero-order valence-corrected chi connectivity index (χ0v) is 14.4. The highest BCUT2D eigenvalue weighted by Gasteiger charge is 2.33. The Labute approximate surface area is 145 Å². The van der Waals surface area contributed by atoms with Crippen molar-refractivity contribution in [3.8, 4) is 0 Å². The Balaban J connectivity index is 1.70. The zero-order chi connectivity index (χ0) is 18.0. The molecule has 0 saturated carbocycles. The lowest BCUT2D eigenvalue weighted by molar-refractivity contribution is -0.115.